The Bertz CT molecular complexity index is 1260. The van der Waals surface area contributed by atoms with Gasteiger partial charge in [0.25, 0.3) is 0 Å². The van der Waals surface area contributed by atoms with E-state index in [-0.39, 0.29) is 32.0 Å². The predicted octanol–water partition coefficient (Wildman–Crippen LogP) is 3.25. The van der Waals surface area contributed by atoms with Crippen LogP contribution in [0.3, 0.4) is 0 Å². The second kappa shape index (κ2) is 12.6. The lowest BCUT2D eigenvalue weighted by Gasteiger charge is -2.21. The molecule has 2 aromatic heterocycles. The van der Waals surface area contributed by atoms with Gasteiger partial charge in [-0.15, -0.1) is 5.10 Å². The number of rotatable bonds is 12. The molecule has 1 amide bonds. The maximum absolute atomic E-state index is 13.0. The average Bonchev–Trinajstić information content (AvgIpc) is 3.50. The summed E-state index contributed by atoms with van der Waals surface area (Å²) in [5.74, 6) is -0.379. The number of hydrogen-bond donors (Lipinski definition) is 0. The number of benzene rings is 1. The molecule has 0 fully saturated rings. The van der Waals surface area contributed by atoms with E-state index in [1.165, 1.54) is 31.5 Å². The minimum absolute atomic E-state index is 0.00588. The van der Waals surface area contributed by atoms with E-state index in [1.54, 1.807) is 37.3 Å². The zero-order valence-electron chi connectivity index (χ0n) is 20.1. The number of nitrogens with zero attached hydrogens (tertiary/aromatic N) is 3. The van der Waals surface area contributed by atoms with Crippen LogP contribution in [0.5, 0.6) is 11.5 Å². The van der Waals surface area contributed by atoms with Crippen molar-refractivity contribution in [1.82, 2.24) is 14.7 Å². The van der Waals surface area contributed by atoms with Crippen LogP contribution in [0.2, 0.25) is 5.02 Å². The third-order valence-corrected chi connectivity index (χ3v) is 5.39. The van der Waals surface area contributed by atoms with Crippen molar-refractivity contribution in [3.63, 3.8) is 0 Å². The first-order valence-electron chi connectivity index (χ1n) is 11.0. The van der Waals surface area contributed by atoms with Gasteiger partial charge in [-0.2, -0.15) is 4.68 Å². The van der Waals surface area contributed by atoms with E-state index in [9.17, 15) is 14.4 Å². The first kappa shape index (κ1) is 26.6. The lowest BCUT2D eigenvalue weighted by atomic mass is 10.2. The third kappa shape index (κ3) is 6.79. The number of carbonyl (C=O) groups is 2. The highest BCUT2D eigenvalue weighted by atomic mass is 35.5. The molecule has 0 saturated heterocycles. The van der Waals surface area contributed by atoms with Gasteiger partial charge in [0.1, 0.15) is 12.3 Å². The summed E-state index contributed by atoms with van der Waals surface area (Å²) in [6.07, 6.45) is 4.50. The maximum atomic E-state index is 13.0. The van der Waals surface area contributed by atoms with Gasteiger partial charge >= 0.3 is 11.7 Å². The number of methoxy groups -OCH3 is 2. The largest absolute Gasteiger partial charge is 0.493 e. The van der Waals surface area contributed by atoms with Crippen molar-refractivity contribution in [2.45, 2.75) is 26.4 Å². The Hall–Kier alpha value is -3.99. The van der Waals surface area contributed by atoms with Crippen LogP contribution in [0.15, 0.2) is 44.2 Å². The van der Waals surface area contributed by atoms with Crippen molar-refractivity contribution < 1.29 is 32.6 Å². The van der Waals surface area contributed by atoms with Crippen LogP contribution in [0.4, 0.5) is 0 Å². The van der Waals surface area contributed by atoms with Crippen LogP contribution in [0, 0.1) is 0 Å². The van der Waals surface area contributed by atoms with Gasteiger partial charge in [-0.3, -0.25) is 9.59 Å². The van der Waals surface area contributed by atoms with Crippen molar-refractivity contribution in [3.05, 3.63) is 63.3 Å². The molecule has 0 unspecified atom stereocenters. The normalized spacial score (nSPS) is 11.0. The summed E-state index contributed by atoms with van der Waals surface area (Å²) in [6.45, 7) is 1.74. The molecule has 0 spiro atoms. The zero-order chi connectivity index (χ0) is 26.1. The summed E-state index contributed by atoms with van der Waals surface area (Å²) in [4.78, 5) is 38.4. The molecule has 3 aromatic rings. The fourth-order valence-corrected chi connectivity index (χ4v) is 3.55. The number of halogens is 1. The van der Waals surface area contributed by atoms with Crippen molar-refractivity contribution in [3.8, 4) is 11.5 Å². The van der Waals surface area contributed by atoms with E-state index in [1.807, 2.05) is 0 Å². The van der Waals surface area contributed by atoms with Gasteiger partial charge in [0.15, 0.2) is 11.5 Å². The Labute approximate surface area is 211 Å². The summed E-state index contributed by atoms with van der Waals surface area (Å²) >= 11 is 6.36. The third-order valence-electron chi connectivity index (χ3n) is 5.00. The van der Waals surface area contributed by atoms with Crippen LogP contribution in [0.25, 0.3) is 12.2 Å². The Morgan fingerprint density at radius 3 is 2.67 bits per heavy atom. The quantitative estimate of drug-likeness (QED) is 0.331. The van der Waals surface area contributed by atoms with Crippen molar-refractivity contribution in [1.29, 1.82) is 0 Å². The maximum Gasteiger partial charge on any atom is 0.437 e. The van der Waals surface area contributed by atoms with Gasteiger partial charge in [-0.25, -0.2) is 4.79 Å². The predicted molar refractivity (Wildman–Crippen MR) is 130 cm³/mol. The second-order valence-electron chi connectivity index (χ2n) is 7.35. The van der Waals surface area contributed by atoms with E-state index >= 15 is 0 Å². The highest BCUT2D eigenvalue weighted by molar-refractivity contribution is 6.34. The van der Waals surface area contributed by atoms with E-state index in [2.05, 4.69) is 5.10 Å². The number of furan rings is 1. The summed E-state index contributed by atoms with van der Waals surface area (Å²) < 4.78 is 26.8. The number of esters is 1. The molecule has 0 aliphatic rings. The Morgan fingerprint density at radius 1 is 1.19 bits per heavy atom. The monoisotopic (exact) mass is 519 g/mol. The Morgan fingerprint density at radius 2 is 2.00 bits per heavy atom. The van der Waals surface area contributed by atoms with Crippen LogP contribution in [-0.4, -0.2) is 53.9 Å². The van der Waals surface area contributed by atoms with Crippen molar-refractivity contribution >= 4 is 35.6 Å². The standard InChI is InChI=1S/C24H26ClN3O8/c1-4-34-21(30)11-12-27(14-17-6-5-13-35-17)20(29)15-28-24(31)36-19(26-28)10-8-16-7-9-18(32-2)23(33-3)22(16)25/h5-10,13H,4,11-12,14-15H2,1-3H3. The molecule has 0 radical (unpaired) electrons. The fourth-order valence-electron chi connectivity index (χ4n) is 3.25. The number of aromatic nitrogens is 2. The number of carbonyl (C=O) groups excluding carboxylic acids is 2. The highest BCUT2D eigenvalue weighted by Crippen LogP contribution is 2.37. The fraction of sp³-hybridized carbons (Fsp3) is 0.333. The summed E-state index contributed by atoms with van der Waals surface area (Å²) in [5.41, 5.74) is 0.575. The van der Waals surface area contributed by atoms with E-state index in [4.69, 9.17) is 34.6 Å². The first-order valence-corrected chi connectivity index (χ1v) is 11.4. The smallest absolute Gasteiger partial charge is 0.437 e. The number of hydrogen-bond acceptors (Lipinski definition) is 9. The van der Waals surface area contributed by atoms with Crippen molar-refractivity contribution in [2.24, 2.45) is 0 Å². The van der Waals surface area contributed by atoms with E-state index in [0.717, 1.165) is 4.68 Å². The van der Waals surface area contributed by atoms with Crippen LogP contribution in [0.1, 0.15) is 30.6 Å². The first-order chi connectivity index (χ1) is 17.4. The van der Waals surface area contributed by atoms with Gasteiger partial charge < -0.3 is 27.9 Å². The summed E-state index contributed by atoms with van der Waals surface area (Å²) in [5, 5.41) is 4.37. The SMILES string of the molecule is CCOC(=O)CCN(Cc1ccco1)C(=O)Cn1nc(C=Cc2ccc(OC)c(OC)c2Cl)oc1=O. The molecule has 0 aliphatic heterocycles. The molecule has 1 aromatic carbocycles. The van der Waals surface area contributed by atoms with Gasteiger partial charge in [-0.1, -0.05) is 11.6 Å². The Kier molecular flexibility index (Phi) is 9.34. The molecule has 192 valence electrons. The lowest BCUT2D eigenvalue weighted by Crippen LogP contribution is -2.37. The number of ether oxygens (including phenoxy) is 3. The molecular weight excluding hydrogens is 494 g/mol. The van der Waals surface area contributed by atoms with Crippen LogP contribution >= 0.6 is 11.6 Å². The summed E-state index contributed by atoms with van der Waals surface area (Å²) in [6, 6.07) is 6.78. The van der Waals surface area contributed by atoms with Crippen LogP contribution < -0.4 is 15.2 Å². The van der Waals surface area contributed by atoms with Crippen LogP contribution in [-0.2, 0) is 27.4 Å². The topological polar surface area (TPSA) is 126 Å². The molecule has 11 nitrogen and oxygen atoms in total. The minimum Gasteiger partial charge on any atom is -0.493 e. The molecule has 0 bridgehead atoms. The average molecular weight is 520 g/mol. The van der Waals surface area contributed by atoms with E-state index < -0.39 is 24.2 Å². The molecule has 3 rings (SSSR count). The molecule has 12 heteroatoms. The molecule has 0 N–H and O–H groups in total. The molecule has 0 aliphatic carbocycles. The molecule has 36 heavy (non-hydrogen) atoms. The number of amides is 1. The zero-order valence-corrected chi connectivity index (χ0v) is 20.8. The molecular formula is C24H26ClN3O8. The molecule has 2 heterocycles. The molecule has 0 saturated carbocycles. The lowest BCUT2D eigenvalue weighted by molar-refractivity contribution is -0.144. The minimum atomic E-state index is -0.815. The van der Waals surface area contributed by atoms with Crippen molar-refractivity contribution in [2.75, 3.05) is 27.4 Å². The van der Waals surface area contributed by atoms with Gasteiger partial charge in [-0.05, 0) is 42.8 Å². The van der Waals surface area contributed by atoms with Gasteiger partial charge in [0, 0.05) is 12.6 Å². The highest BCUT2D eigenvalue weighted by Gasteiger charge is 2.20. The summed E-state index contributed by atoms with van der Waals surface area (Å²) in [7, 11) is 2.97. The van der Waals surface area contributed by atoms with E-state index in [0.29, 0.717) is 27.8 Å². The Balaban J connectivity index is 1.74. The molecule has 0 atom stereocenters. The second-order valence-corrected chi connectivity index (χ2v) is 7.73. The van der Waals surface area contributed by atoms with Gasteiger partial charge in [0.2, 0.25) is 11.8 Å². The van der Waals surface area contributed by atoms with Gasteiger partial charge in [0.05, 0.1) is 45.1 Å².